The van der Waals surface area contributed by atoms with E-state index in [2.05, 4.69) is 15.5 Å². The van der Waals surface area contributed by atoms with Crippen LogP contribution in [0.15, 0.2) is 28.8 Å². The largest absolute Gasteiger partial charge is 0.481 e. The summed E-state index contributed by atoms with van der Waals surface area (Å²) in [5.41, 5.74) is 0.668. The number of aromatic nitrogens is 2. The molecule has 1 aromatic heterocycles. The predicted octanol–water partition coefficient (Wildman–Crippen LogP) is 2.96. The van der Waals surface area contributed by atoms with Crippen LogP contribution in [0.1, 0.15) is 44.4 Å². The molecule has 0 atom stereocenters. The van der Waals surface area contributed by atoms with E-state index in [0.29, 0.717) is 62.2 Å². The number of nitrogens with one attached hydrogen (secondary N) is 1. The van der Waals surface area contributed by atoms with Crippen LogP contribution in [0, 0.1) is 11.7 Å². The van der Waals surface area contributed by atoms with E-state index in [1.54, 1.807) is 12.1 Å². The average molecular weight is 375 g/mol. The third-order valence-electron chi connectivity index (χ3n) is 4.81. The van der Waals surface area contributed by atoms with Gasteiger partial charge in [-0.2, -0.15) is 4.98 Å². The van der Waals surface area contributed by atoms with Gasteiger partial charge in [0.05, 0.1) is 5.92 Å². The minimum absolute atomic E-state index is 0.0490. The number of amides is 1. The predicted molar refractivity (Wildman–Crippen MR) is 94.2 cm³/mol. The van der Waals surface area contributed by atoms with Gasteiger partial charge in [0, 0.05) is 24.4 Å². The number of aliphatic carboxylic acids is 1. The summed E-state index contributed by atoms with van der Waals surface area (Å²) in [4.78, 5) is 27.2. The molecule has 144 valence electrons. The highest BCUT2D eigenvalue weighted by Crippen LogP contribution is 2.24. The highest BCUT2D eigenvalue weighted by molar-refractivity contribution is 5.76. The first-order valence-electron chi connectivity index (χ1n) is 9.12. The number of carboxylic acid groups (broad SMARTS) is 1. The van der Waals surface area contributed by atoms with E-state index in [-0.39, 0.29) is 23.7 Å². The van der Waals surface area contributed by atoms with Gasteiger partial charge in [-0.1, -0.05) is 5.16 Å². The van der Waals surface area contributed by atoms with Crippen molar-refractivity contribution < 1.29 is 23.6 Å². The van der Waals surface area contributed by atoms with Crippen LogP contribution in [0.3, 0.4) is 0 Å². The lowest BCUT2D eigenvalue weighted by Crippen LogP contribution is -2.38. The number of carbonyl (C=O) groups is 2. The molecule has 3 rings (SSSR count). The van der Waals surface area contributed by atoms with E-state index < -0.39 is 5.97 Å². The van der Waals surface area contributed by atoms with E-state index in [1.165, 1.54) is 12.1 Å². The zero-order valence-electron chi connectivity index (χ0n) is 14.9. The Hall–Kier alpha value is -2.77. The van der Waals surface area contributed by atoms with Gasteiger partial charge in [0.2, 0.25) is 17.6 Å². The lowest BCUT2D eigenvalue weighted by Gasteiger charge is -2.26. The molecule has 1 aromatic carbocycles. The van der Waals surface area contributed by atoms with Crippen LogP contribution in [-0.2, 0) is 16.0 Å². The summed E-state index contributed by atoms with van der Waals surface area (Å²) in [6.45, 7) is 0. The first kappa shape index (κ1) is 19.0. The zero-order valence-corrected chi connectivity index (χ0v) is 14.9. The van der Waals surface area contributed by atoms with Gasteiger partial charge in [-0.15, -0.1) is 0 Å². The Kier molecular flexibility index (Phi) is 6.16. The van der Waals surface area contributed by atoms with Crippen LogP contribution in [-0.4, -0.2) is 33.2 Å². The van der Waals surface area contributed by atoms with E-state index in [1.807, 2.05) is 0 Å². The molecule has 0 aliphatic heterocycles. The molecular formula is C19H22FN3O4. The van der Waals surface area contributed by atoms with Crippen molar-refractivity contribution in [2.45, 2.75) is 51.0 Å². The van der Waals surface area contributed by atoms with Crippen molar-refractivity contribution in [2.75, 3.05) is 0 Å². The van der Waals surface area contributed by atoms with Crippen LogP contribution >= 0.6 is 0 Å². The standard InChI is InChI=1S/C19H22FN3O4/c20-14-8-4-12(5-9-14)18-22-17(27-23-18)3-1-2-16(24)21-15-10-6-13(7-11-15)19(25)26/h4-5,8-9,13,15H,1-3,6-7,10-11H2,(H,21,24)(H,25,26). The normalized spacial score (nSPS) is 19.6. The highest BCUT2D eigenvalue weighted by atomic mass is 19.1. The van der Waals surface area contributed by atoms with Gasteiger partial charge in [-0.25, -0.2) is 4.39 Å². The van der Waals surface area contributed by atoms with E-state index >= 15 is 0 Å². The fourth-order valence-electron chi connectivity index (χ4n) is 3.26. The Morgan fingerprint density at radius 1 is 1.19 bits per heavy atom. The third-order valence-corrected chi connectivity index (χ3v) is 4.81. The quantitative estimate of drug-likeness (QED) is 0.771. The summed E-state index contributed by atoms with van der Waals surface area (Å²) < 4.78 is 18.1. The maximum atomic E-state index is 12.9. The number of carboxylic acids is 1. The zero-order chi connectivity index (χ0) is 19.2. The van der Waals surface area contributed by atoms with E-state index in [9.17, 15) is 14.0 Å². The second-order valence-corrected chi connectivity index (χ2v) is 6.83. The fraction of sp³-hybridized carbons (Fsp3) is 0.474. The number of halogens is 1. The summed E-state index contributed by atoms with van der Waals surface area (Å²) in [6, 6.07) is 5.88. The van der Waals surface area contributed by atoms with E-state index in [0.717, 1.165) is 0 Å². The molecule has 7 nitrogen and oxygen atoms in total. The highest BCUT2D eigenvalue weighted by Gasteiger charge is 2.26. The van der Waals surface area contributed by atoms with Gasteiger partial charge in [-0.05, 0) is 56.4 Å². The van der Waals surface area contributed by atoms with Crippen molar-refractivity contribution in [3.05, 3.63) is 36.0 Å². The summed E-state index contributed by atoms with van der Waals surface area (Å²) in [7, 11) is 0. The molecule has 1 saturated carbocycles. The summed E-state index contributed by atoms with van der Waals surface area (Å²) >= 11 is 0. The van der Waals surface area contributed by atoms with Crippen molar-refractivity contribution >= 4 is 11.9 Å². The number of carbonyl (C=O) groups excluding carboxylic acids is 1. The van der Waals surface area contributed by atoms with Crippen LogP contribution < -0.4 is 5.32 Å². The van der Waals surface area contributed by atoms with Crippen molar-refractivity contribution in [2.24, 2.45) is 5.92 Å². The van der Waals surface area contributed by atoms with Gasteiger partial charge >= 0.3 is 5.97 Å². The molecule has 8 heteroatoms. The van der Waals surface area contributed by atoms with Crippen molar-refractivity contribution in [3.63, 3.8) is 0 Å². The molecule has 1 aliphatic carbocycles. The van der Waals surface area contributed by atoms with Gasteiger partial charge in [-0.3, -0.25) is 9.59 Å². The number of aryl methyl sites for hydroxylation is 1. The number of benzene rings is 1. The molecular weight excluding hydrogens is 353 g/mol. The van der Waals surface area contributed by atoms with Gasteiger partial charge < -0.3 is 14.9 Å². The second kappa shape index (κ2) is 8.75. The van der Waals surface area contributed by atoms with Gasteiger partial charge in [0.15, 0.2) is 0 Å². The Morgan fingerprint density at radius 2 is 1.89 bits per heavy atom. The first-order valence-corrected chi connectivity index (χ1v) is 9.12. The van der Waals surface area contributed by atoms with Crippen molar-refractivity contribution in [1.29, 1.82) is 0 Å². The molecule has 1 amide bonds. The number of hydrogen-bond donors (Lipinski definition) is 2. The summed E-state index contributed by atoms with van der Waals surface area (Å²) in [5.74, 6) is -0.587. The first-order chi connectivity index (χ1) is 13.0. The molecule has 0 radical (unpaired) electrons. The molecule has 0 unspecified atom stereocenters. The molecule has 0 bridgehead atoms. The number of hydrogen-bond acceptors (Lipinski definition) is 5. The molecule has 1 aliphatic rings. The van der Waals surface area contributed by atoms with Gasteiger partial charge in [0.1, 0.15) is 5.82 Å². The third kappa shape index (κ3) is 5.35. The summed E-state index contributed by atoms with van der Waals surface area (Å²) in [5, 5.41) is 15.8. The molecule has 2 aromatic rings. The maximum absolute atomic E-state index is 12.9. The molecule has 1 heterocycles. The van der Waals surface area contributed by atoms with Crippen LogP contribution in [0.5, 0.6) is 0 Å². The molecule has 27 heavy (non-hydrogen) atoms. The molecule has 0 spiro atoms. The Bertz CT molecular complexity index is 783. The van der Waals surface area contributed by atoms with Crippen molar-refractivity contribution in [3.8, 4) is 11.4 Å². The SMILES string of the molecule is O=C(CCCc1nc(-c2ccc(F)cc2)no1)NC1CCC(C(=O)O)CC1. The Morgan fingerprint density at radius 3 is 2.56 bits per heavy atom. The smallest absolute Gasteiger partial charge is 0.306 e. The Labute approximate surface area is 156 Å². The average Bonchev–Trinajstić information content (AvgIpc) is 3.11. The second-order valence-electron chi connectivity index (χ2n) is 6.83. The monoisotopic (exact) mass is 375 g/mol. The maximum Gasteiger partial charge on any atom is 0.306 e. The minimum Gasteiger partial charge on any atom is -0.481 e. The van der Waals surface area contributed by atoms with Crippen LogP contribution in [0.2, 0.25) is 0 Å². The van der Waals surface area contributed by atoms with Gasteiger partial charge in [0.25, 0.3) is 0 Å². The van der Waals surface area contributed by atoms with Crippen LogP contribution in [0.25, 0.3) is 11.4 Å². The number of rotatable bonds is 7. The van der Waals surface area contributed by atoms with Crippen molar-refractivity contribution in [1.82, 2.24) is 15.5 Å². The molecule has 1 fully saturated rings. The topological polar surface area (TPSA) is 105 Å². The minimum atomic E-state index is -0.751. The van der Waals surface area contributed by atoms with E-state index in [4.69, 9.17) is 9.63 Å². The number of nitrogens with zero attached hydrogens (tertiary/aromatic N) is 2. The lowest BCUT2D eigenvalue weighted by atomic mass is 9.86. The van der Waals surface area contributed by atoms with Crippen LogP contribution in [0.4, 0.5) is 4.39 Å². The summed E-state index contributed by atoms with van der Waals surface area (Å²) in [6.07, 6.45) is 4.01. The fourth-order valence-corrected chi connectivity index (χ4v) is 3.26. The lowest BCUT2D eigenvalue weighted by molar-refractivity contribution is -0.142. The molecule has 2 N–H and O–H groups in total. The molecule has 0 saturated heterocycles. The Balaban J connectivity index is 1.39.